The predicted molar refractivity (Wildman–Crippen MR) is 85.3 cm³/mol. The van der Waals surface area contributed by atoms with E-state index in [2.05, 4.69) is 17.1 Å². The molecule has 1 amide bonds. The number of carbonyl (C=O) groups is 1. The Labute approximate surface area is 129 Å². The number of rotatable bonds is 13. The first kappa shape index (κ1) is 20.3. The van der Waals surface area contributed by atoms with Crippen LogP contribution in [0.15, 0.2) is 0 Å². The highest BCUT2D eigenvalue weighted by atomic mass is 16.5. The molecule has 0 aromatic heterocycles. The second kappa shape index (κ2) is 11.0. The Hall–Kier alpha value is -0.690. The van der Waals surface area contributed by atoms with Gasteiger partial charge in [-0.15, -0.1) is 0 Å². The molecule has 0 radical (unpaired) electrons. The summed E-state index contributed by atoms with van der Waals surface area (Å²) in [7, 11) is 5.21. The lowest BCUT2D eigenvalue weighted by Gasteiger charge is -2.29. The lowest BCUT2D eigenvalue weighted by molar-refractivity contribution is -0.123. The maximum Gasteiger partial charge on any atom is 0.237 e. The molecule has 0 aliphatic carbocycles. The fraction of sp³-hybridized carbons (Fsp3) is 0.933. The molecular weight excluding hydrogens is 270 g/mol. The van der Waals surface area contributed by atoms with Gasteiger partial charge in [0, 0.05) is 26.8 Å². The number of hydrogen-bond acceptors (Lipinski definition) is 5. The van der Waals surface area contributed by atoms with Crippen molar-refractivity contribution in [1.82, 2.24) is 10.2 Å². The zero-order chi connectivity index (χ0) is 16.3. The molecule has 6 nitrogen and oxygen atoms in total. The quantitative estimate of drug-likeness (QED) is 0.487. The number of carbonyl (C=O) groups excluding carboxylic acids is 1. The number of hydrogen-bond donors (Lipinski definition) is 2. The summed E-state index contributed by atoms with van der Waals surface area (Å²) >= 11 is 0. The first-order chi connectivity index (χ1) is 9.91. The molecule has 0 aromatic carbocycles. The molecule has 0 rings (SSSR count). The molecule has 0 bridgehead atoms. The van der Waals surface area contributed by atoms with Crippen molar-refractivity contribution >= 4 is 5.91 Å². The minimum Gasteiger partial charge on any atom is -0.383 e. The molecule has 126 valence electrons. The van der Waals surface area contributed by atoms with Gasteiger partial charge in [0.25, 0.3) is 0 Å². The van der Waals surface area contributed by atoms with Gasteiger partial charge < -0.3 is 20.5 Å². The van der Waals surface area contributed by atoms with Crippen molar-refractivity contribution in [2.75, 3.05) is 47.6 Å². The van der Waals surface area contributed by atoms with Crippen LogP contribution < -0.4 is 11.1 Å². The molecule has 3 N–H and O–H groups in total. The topological polar surface area (TPSA) is 76.8 Å². The summed E-state index contributed by atoms with van der Waals surface area (Å²) in [6, 6.07) is 0.358. The summed E-state index contributed by atoms with van der Waals surface area (Å²) in [4.78, 5) is 13.8. The van der Waals surface area contributed by atoms with Crippen molar-refractivity contribution in [1.29, 1.82) is 0 Å². The molecular formula is C15H33N3O3. The summed E-state index contributed by atoms with van der Waals surface area (Å²) in [5.74, 6) is -0.297. The lowest BCUT2D eigenvalue weighted by atomic mass is 9.94. The van der Waals surface area contributed by atoms with E-state index in [-0.39, 0.29) is 5.91 Å². The van der Waals surface area contributed by atoms with Crippen LogP contribution in [0.1, 0.15) is 33.1 Å². The number of nitrogens with one attached hydrogen (secondary N) is 1. The number of primary amides is 1. The van der Waals surface area contributed by atoms with Gasteiger partial charge in [-0.1, -0.05) is 0 Å². The molecule has 0 fully saturated rings. The van der Waals surface area contributed by atoms with Gasteiger partial charge in [-0.25, -0.2) is 0 Å². The molecule has 0 aliphatic heterocycles. The summed E-state index contributed by atoms with van der Waals surface area (Å²) in [5, 5.41) is 3.02. The van der Waals surface area contributed by atoms with Gasteiger partial charge in [0.1, 0.15) is 0 Å². The molecule has 0 spiro atoms. The number of methoxy groups -OCH3 is 2. The van der Waals surface area contributed by atoms with Crippen molar-refractivity contribution in [2.24, 2.45) is 5.73 Å². The standard InChI is InChI=1S/C15H33N3O3/c1-13(12-21-5)18(10-11-20-4)9-7-6-8-15(2,17-3)14(16)19/h13,17H,6-12H2,1-5H3,(H2,16,19). The van der Waals surface area contributed by atoms with Gasteiger partial charge in [-0.3, -0.25) is 9.69 Å². The monoisotopic (exact) mass is 303 g/mol. The molecule has 6 heteroatoms. The second-order valence-electron chi connectivity index (χ2n) is 5.74. The minimum absolute atomic E-state index is 0.297. The van der Waals surface area contributed by atoms with Crippen LogP contribution in [0.25, 0.3) is 0 Å². The average molecular weight is 303 g/mol. The number of likely N-dealkylation sites (N-methyl/N-ethyl adjacent to an activating group) is 1. The van der Waals surface area contributed by atoms with Gasteiger partial charge in [0.15, 0.2) is 0 Å². The molecule has 0 aromatic rings. The molecule has 0 saturated heterocycles. The fourth-order valence-electron chi connectivity index (χ4n) is 2.27. The Morgan fingerprint density at radius 3 is 2.43 bits per heavy atom. The minimum atomic E-state index is -0.616. The smallest absolute Gasteiger partial charge is 0.237 e. The maximum absolute atomic E-state index is 11.4. The number of amides is 1. The molecule has 0 saturated carbocycles. The number of nitrogens with zero attached hydrogens (tertiary/aromatic N) is 1. The highest BCUT2D eigenvalue weighted by Gasteiger charge is 2.28. The Morgan fingerprint density at radius 1 is 1.29 bits per heavy atom. The summed E-state index contributed by atoms with van der Waals surface area (Å²) in [6.07, 6.45) is 2.71. The van der Waals surface area contributed by atoms with Gasteiger partial charge in [0.05, 0.1) is 18.8 Å². The van der Waals surface area contributed by atoms with E-state index in [0.29, 0.717) is 19.3 Å². The summed E-state index contributed by atoms with van der Waals surface area (Å²) in [5.41, 5.74) is 4.82. The van der Waals surface area contributed by atoms with E-state index < -0.39 is 5.54 Å². The molecule has 2 unspecified atom stereocenters. The van der Waals surface area contributed by atoms with Gasteiger partial charge >= 0.3 is 0 Å². The summed E-state index contributed by atoms with van der Waals surface area (Å²) in [6.45, 7) is 7.28. The van der Waals surface area contributed by atoms with E-state index in [1.54, 1.807) is 21.3 Å². The Morgan fingerprint density at radius 2 is 1.95 bits per heavy atom. The van der Waals surface area contributed by atoms with Crippen molar-refractivity contribution < 1.29 is 14.3 Å². The Kier molecular flexibility index (Phi) is 10.6. The third-order valence-corrected chi connectivity index (χ3v) is 4.08. The predicted octanol–water partition coefficient (Wildman–Crippen LogP) is 0.603. The van der Waals surface area contributed by atoms with Gasteiger partial charge in [-0.2, -0.15) is 0 Å². The average Bonchev–Trinajstić information content (AvgIpc) is 2.46. The van der Waals surface area contributed by atoms with Crippen LogP contribution in [-0.4, -0.2) is 70.0 Å². The van der Waals surface area contributed by atoms with Crippen molar-refractivity contribution in [3.8, 4) is 0 Å². The fourth-order valence-corrected chi connectivity index (χ4v) is 2.27. The Bertz CT molecular complexity index is 289. The van der Waals surface area contributed by atoms with Crippen LogP contribution in [-0.2, 0) is 14.3 Å². The van der Waals surface area contributed by atoms with E-state index in [1.807, 2.05) is 6.92 Å². The van der Waals surface area contributed by atoms with Crippen molar-refractivity contribution in [3.63, 3.8) is 0 Å². The SMILES string of the molecule is CNC(C)(CCCCN(CCOC)C(C)COC)C(N)=O. The Balaban J connectivity index is 4.20. The normalized spacial score (nSPS) is 15.9. The maximum atomic E-state index is 11.4. The van der Waals surface area contributed by atoms with Crippen LogP contribution in [0.4, 0.5) is 0 Å². The van der Waals surface area contributed by atoms with Crippen LogP contribution in [0, 0.1) is 0 Å². The molecule has 0 aliphatic rings. The zero-order valence-electron chi connectivity index (χ0n) is 14.3. The van der Waals surface area contributed by atoms with E-state index in [4.69, 9.17) is 15.2 Å². The number of nitrogens with two attached hydrogens (primary N) is 1. The van der Waals surface area contributed by atoms with Crippen LogP contribution in [0.3, 0.4) is 0 Å². The van der Waals surface area contributed by atoms with Crippen LogP contribution in [0.5, 0.6) is 0 Å². The zero-order valence-corrected chi connectivity index (χ0v) is 14.3. The highest BCUT2D eigenvalue weighted by molar-refractivity contribution is 5.84. The van der Waals surface area contributed by atoms with E-state index in [1.165, 1.54) is 0 Å². The second-order valence-corrected chi connectivity index (χ2v) is 5.74. The first-order valence-corrected chi connectivity index (χ1v) is 7.62. The largest absolute Gasteiger partial charge is 0.383 e. The molecule has 21 heavy (non-hydrogen) atoms. The van der Waals surface area contributed by atoms with Crippen LogP contribution >= 0.6 is 0 Å². The third-order valence-electron chi connectivity index (χ3n) is 4.08. The number of unbranched alkanes of at least 4 members (excludes halogenated alkanes) is 1. The van der Waals surface area contributed by atoms with E-state index in [9.17, 15) is 4.79 Å². The highest BCUT2D eigenvalue weighted by Crippen LogP contribution is 2.14. The lowest BCUT2D eigenvalue weighted by Crippen LogP contribution is -2.51. The van der Waals surface area contributed by atoms with Crippen molar-refractivity contribution in [2.45, 2.75) is 44.7 Å². The number of ether oxygens (including phenoxy) is 2. The summed E-state index contributed by atoms with van der Waals surface area (Å²) < 4.78 is 10.4. The van der Waals surface area contributed by atoms with Gasteiger partial charge in [-0.05, 0) is 46.7 Å². The molecule has 2 atom stereocenters. The third kappa shape index (κ3) is 7.76. The molecule has 0 heterocycles. The van der Waals surface area contributed by atoms with Crippen LogP contribution in [0.2, 0.25) is 0 Å². The van der Waals surface area contributed by atoms with Crippen molar-refractivity contribution in [3.05, 3.63) is 0 Å². The van der Waals surface area contributed by atoms with Gasteiger partial charge in [0.2, 0.25) is 5.91 Å². The first-order valence-electron chi connectivity index (χ1n) is 7.62. The van der Waals surface area contributed by atoms with E-state index in [0.717, 1.165) is 32.4 Å². The van der Waals surface area contributed by atoms with E-state index >= 15 is 0 Å².